The van der Waals surface area contributed by atoms with Crippen LogP contribution < -0.4 is 11.0 Å². The highest BCUT2D eigenvalue weighted by molar-refractivity contribution is 9.10. The second kappa shape index (κ2) is 5.03. The maximum Gasteiger partial charge on any atom is 0.323 e. The molecule has 1 saturated carbocycles. The van der Waals surface area contributed by atoms with E-state index in [4.69, 9.17) is 0 Å². The number of rotatable bonds is 4. The number of aromatic amines is 2. The van der Waals surface area contributed by atoms with E-state index >= 15 is 0 Å². The molecule has 0 amide bonds. The topological polar surface area (TPSA) is 60.7 Å². The highest BCUT2D eigenvalue weighted by Gasteiger charge is 2.33. The van der Waals surface area contributed by atoms with E-state index < -0.39 is 0 Å². The predicted octanol–water partition coefficient (Wildman–Crippen LogP) is 4.24. The van der Waals surface area contributed by atoms with Crippen LogP contribution >= 0.6 is 27.3 Å². The lowest BCUT2D eigenvalue weighted by Crippen LogP contribution is -2.11. The second-order valence-electron chi connectivity index (χ2n) is 5.43. The average Bonchev–Trinajstić information content (AvgIpc) is 3.01. The van der Waals surface area contributed by atoms with Crippen LogP contribution in [0.1, 0.15) is 23.8 Å². The molecule has 0 radical (unpaired) electrons. The molecule has 4 rings (SSSR count). The third-order valence-corrected chi connectivity index (χ3v) is 5.47. The van der Waals surface area contributed by atoms with Gasteiger partial charge in [-0.3, -0.25) is 0 Å². The van der Waals surface area contributed by atoms with Gasteiger partial charge in [-0.2, -0.15) is 0 Å². The van der Waals surface area contributed by atoms with Crippen LogP contribution in [0.5, 0.6) is 0 Å². The van der Waals surface area contributed by atoms with E-state index in [2.05, 4.69) is 48.7 Å². The van der Waals surface area contributed by atoms with Gasteiger partial charge >= 0.3 is 5.69 Å². The number of anilines is 1. The molecule has 0 spiro atoms. The van der Waals surface area contributed by atoms with Gasteiger partial charge in [-0.05, 0) is 58.3 Å². The number of imidazole rings is 1. The van der Waals surface area contributed by atoms with Crippen LogP contribution in [0.25, 0.3) is 11.0 Å². The number of hydrogen-bond acceptors (Lipinski definition) is 3. The molecule has 0 saturated heterocycles. The molecule has 0 aliphatic heterocycles. The number of nitrogens with one attached hydrogen (secondary N) is 3. The normalized spacial score (nSPS) is 16.2. The summed E-state index contributed by atoms with van der Waals surface area (Å²) in [6.45, 7) is 0. The van der Waals surface area contributed by atoms with E-state index in [1.54, 1.807) is 11.3 Å². The molecule has 1 fully saturated rings. The predicted molar refractivity (Wildman–Crippen MR) is 90.0 cm³/mol. The Balaban J connectivity index is 1.72. The standard InChI is InChI=1S/C15H14BrN3OS/c16-9-6-11-12(19-15(20)18-11)7-10(9)17-14(8-3-4-8)13-2-1-5-21-13/h1-2,5-8,14,17H,3-4H2,(H2,18,19,20). The van der Waals surface area contributed by atoms with E-state index in [-0.39, 0.29) is 5.69 Å². The van der Waals surface area contributed by atoms with E-state index in [9.17, 15) is 4.79 Å². The van der Waals surface area contributed by atoms with E-state index in [1.165, 1.54) is 17.7 Å². The van der Waals surface area contributed by atoms with Gasteiger partial charge in [-0.15, -0.1) is 11.3 Å². The molecule has 6 heteroatoms. The van der Waals surface area contributed by atoms with Crippen molar-refractivity contribution in [2.75, 3.05) is 5.32 Å². The Hall–Kier alpha value is -1.53. The van der Waals surface area contributed by atoms with Crippen LogP contribution in [0, 0.1) is 5.92 Å². The Labute approximate surface area is 133 Å². The first-order valence-corrected chi connectivity index (χ1v) is 8.59. The van der Waals surface area contributed by atoms with Gasteiger partial charge in [0.15, 0.2) is 0 Å². The Bertz CT molecular complexity index is 832. The van der Waals surface area contributed by atoms with Gasteiger partial charge in [-0.25, -0.2) is 4.79 Å². The molecule has 1 aliphatic rings. The first-order chi connectivity index (χ1) is 10.2. The largest absolute Gasteiger partial charge is 0.376 e. The van der Waals surface area contributed by atoms with Gasteiger partial charge in [0.1, 0.15) is 0 Å². The minimum Gasteiger partial charge on any atom is -0.376 e. The van der Waals surface area contributed by atoms with Crippen LogP contribution in [0.3, 0.4) is 0 Å². The summed E-state index contributed by atoms with van der Waals surface area (Å²) in [4.78, 5) is 18.3. The molecule has 2 aromatic heterocycles. The summed E-state index contributed by atoms with van der Waals surface area (Å²) in [5.41, 5.74) is 2.48. The fraction of sp³-hybridized carbons (Fsp3) is 0.267. The lowest BCUT2D eigenvalue weighted by molar-refractivity contribution is 0.691. The van der Waals surface area contributed by atoms with Gasteiger partial charge in [0, 0.05) is 9.35 Å². The van der Waals surface area contributed by atoms with Crippen LogP contribution in [0.2, 0.25) is 0 Å². The van der Waals surface area contributed by atoms with Gasteiger partial charge in [0.2, 0.25) is 0 Å². The first kappa shape index (κ1) is 13.2. The van der Waals surface area contributed by atoms with Crippen molar-refractivity contribution in [2.45, 2.75) is 18.9 Å². The molecule has 1 aliphatic carbocycles. The molecule has 3 N–H and O–H groups in total. The quantitative estimate of drug-likeness (QED) is 0.648. The van der Waals surface area contributed by atoms with E-state index in [0.29, 0.717) is 12.0 Å². The van der Waals surface area contributed by atoms with Crippen LogP contribution in [-0.4, -0.2) is 9.97 Å². The van der Waals surface area contributed by atoms with Crippen molar-refractivity contribution >= 4 is 44.0 Å². The zero-order valence-electron chi connectivity index (χ0n) is 11.2. The molecule has 1 aromatic carbocycles. The highest BCUT2D eigenvalue weighted by Crippen LogP contribution is 2.45. The Morgan fingerprint density at radius 1 is 1.29 bits per heavy atom. The van der Waals surface area contributed by atoms with Gasteiger partial charge in [-0.1, -0.05) is 6.07 Å². The van der Waals surface area contributed by atoms with Gasteiger partial charge in [0.05, 0.1) is 22.8 Å². The maximum absolute atomic E-state index is 11.4. The lowest BCUT2D eigenvalue weighted by Gasteiger charge is -2.19. The summed E-state index contributed by atoms with van der Waals surface area (Å²) in [6, 6.07) is 8.56. The van der Waals surface area contributed by atoms with Crippen molar-refractivity contribution in [1.29, 1.82) is 0 Å². The van der Waals surface area contributed by atoms with Crippen molar-refractivity contribution in [3.05, 3.63) is 49.5 Å². The SMILES string of the molecule is O=c1[nH]c2cc(Br)c(NC(c3cccs3)C3CC3)cc2[nH]1. The van der Waals surface area contributed by atoms with Crippen LogP contribution in [0.4, 0.5) is 5.69 Å². The monoisotopic (exact) mass is 363 g/mol. The maximum atomic E-state index is 11.4. The zero-order valence-corrected chi connectivity index (χ0v) is 13.6. The Morgan fingerprint density at radius 3 is 2.71 bits per heavy atom. The third kappa shape index (κ3) is 2.53. The fourth-order valence-corrected chi connectivity index (χ4v) is 3.98. The minimum atomic E-state index is -0.175. The number of fused-ring (bicyclic) bond motifs is 1. The lowest BCUT2D eigenvalue weighted by atomic mass is 10.1. The summed E-state index contributed by atoms with van der Waals surface area (Å²) in [7, 11) is 0. The number of thiophene rings is 1. The zero-order chi connectivity index (χ0) is 14.4. The van der Waals surface area contributed by atoms with E-state index in [0.717, 1.165) is 21.2 Å². The summed E-state index contributed by atoms with van der Waals surface area (Å²) >= 11 is 5.38. The molecule has 108 valence electrons. The smallest absolute Gasteiger partial charge is 0.323 e. The second-order valence-corrected chi connectivity index (χ2v) is 7.27. The van der Waals surface area contributed by atoms with Crippen molar-refractivity contribution < 1.29 is 0 Å². The Kier molecular flexibility index (Phi) is 3.15. The number of benzene rings is 1. The molecule has 0 bridgehead atoms. The summed E-state index contributed by atoms with van der Waals surface area (Å²) in [5.74, 6) is 0.705. The molecule has 2 heterocycles. The van der Waals surface area contributed by atoms with Gasteiger partial charge in [0.25, 0.3) is 0 Å². The van der Waals surface area contributed by atoms with Crippen molar-refractivity contribution in [2.24, 2.45) is 5.92 Å². The fourth-order valence-electron chi connectivity index (χ4n) is 2.65. The van der Waals surface area contributed by atoms with Crippen LogP contribution in [0.15, 0.2) is 38.9 Å². The van der Waals surface area contributed by atoms with E-state index in [1.807, 2.05) is 12.1 Å². The minimum absolute atomic E-state index is 0.175. The highest BCUT2D eigenvalue weighted by atomic mass is 79.9. The van der Waals surface area contributed by atoms with Gasteiger partial charge < -0.3 is 15.3 Å². The summed E-state index contributed by atoms with van der Waals surface area (Å²) in [5, 5.41) is 5.76. The molecular weight excluding hydrogens is 350 g/mol. The molecule has 4 nitrogen and oxygen atoms in total. The number of hydrogen-bond donors (Lipinski definition) is 3. The molecule has 1 atom stereocenters. The summed E-state index contributed by atoms with van der Waals surface area (Å²) in [6.07, 6.45) is 2.55. The average molecular weight is 364 g/mol. The summed E-state index contributed by atoms with van der Waals surface area (Å²) < 4.78 is 0.965. The van der Waals surface area contributed by atoms with Crippen molar-refractivity contribution in [3.8, 4) is 0 Å². The number of aromatic nitrogens is 2. The van der Waals surface area contributed by atoms with Crippen LogP contribution in [-0.2, 0) is 0 Å². The first-order valence-electron chi connectivity index (χ1n) is 6.92. The number of halogens is 1. The molecule has 1 unspecified atom stereocenters. The molecule has 21 heavy (non-hydrogen) atoms. The third-order valence-electron chi connectivity index (χ3n) is 3.86. The Morgan fingerprint density at radius 2 is 2.05 bits per heavy atom. The number of H-pyrrole nitrogens is 2. The van der Waals surface area contributed by atoms with Crippen molar-refractivity contribution in [1.82, 2.24) is 9.97 Å². The van der Waals surface area contributed by atoms with Crippen molar-refractivity contribution in [3.63, 3.8) is 0 Å². The molecule has 3 aromatic rings. The molecular formula is C15H14BrN3OS.